The van der Waals surface area contributed by atoms with Gasteiger partial charge in [0, 0.05) is 16.0 Å². The highest BCUT2D eigenvalue weighted by atomic mass is 32.1. The lowest BCUT2D eigenvalue weighted by molar-refractivity contribution is -0.149. The number of esters is 1. The lowest BCUT2D eigenvalue weighted by Crippen LogP contribution is -2.32. The average molecular weight is 393 g/mol. The molecule has 6 heteroatoms. The molecule has 1 aliphatic rings. The molecule has 1 aromatic heterocycles. The number of benzene rings is 2. The normalized spacial score (nSPS) is 13.6. The summed E-state index contributed by atoms with van der Waals surface area (Å²) in [5.41, 5.74) is 1.47. The van der Waals surface area contributed by atoms with Crippen LogP contribution in [-0.2, 0) is 14.3 Å². The van der Waals surface area contributed by atoms with E-state index in [4.69, 9.17) is 9.47 Å². The van der Waals surface area contributed by atoms with E-state index in [1.165, 1.54) is 0 Å². The highest BCUT2D eigenvalue weighted by Gasteiger charge is 2.33. The van der Waals surface area contributed by atoms with Crippen molar-refractivity contribution in [1.82, 2.24) is 5.32 Å². The van der Waals surface area contributed by atoms with Gasteiger partial charge in [0.1, 0.15) is 17.4 Å². The van der Waals surface area contributed by atoms with Crippen molar-refractivity contribution < 1.29 is 19.1 Å². The van der Waals surface area contributed by atoms with Gasteiger partial charge in [0.25, 0.3) is 5.91 Å². The summed E-state index contributed by atoms with van der Waals surface area (Å²) in [6.45, 7) is 1.58. The van der Waals surface area contributed by atoms with Crippen molar-refractivity contribution >= 4 is 23.2 Å². The summed E-state index contributed by atoms with van der Waals surface area (Å²) in [4.78, 5) is 26.2. The fraction of sp³-hybridized carbons (Fsp3) is 0.182. The van der Waals surface area contributed by atoms with Gasteiger partial charge in [0.15, 0.2) is 6.61 Å². The van der Waals surface area contributed by atoms with Crippen LogP contribution in [0.25, 0.3) is 0 Å². The molecule has 5 nitrogen and oxygen atoms in total. The standard InChI is InChI=1S/C22H19NO4S/c1-14(19-11-6-12-28-19)23-20(24)13-26-22(25)21-15-7-2-4-9-17(15)27-18-10-5-3-8-16(18)21/h2-12,14,21H,13H2,1H3,(H,23,24)/t14-/m0/s1. The largest absolute Gasteiger partial charge is 0.457 e. The fourth-order valence-electron chi connectivity index (χ4n) is 3.28. The van der Waals surface area contributed by atoms with Gasteiger partial charge in [-0.15, -0.1) is 11.3 Å². The minimum absolute atomic E-state index is 0.129. The van der Waals surface area contributed by atoms with E-state index in [1.807, 2.05) is 73.0 Å². The molecule has 0 spiro atoms. The quantitative estimate of drug-likeness (QED) is 0.653. The van der Waals surface area contributed by atoms with Gasteiger partial charge >= 0.3 is 5.97 Å². The van der Waals surface area contributed by atoms with Crippen LogP contribution in [0.2, 0.25) is 0 Å². The second kappa shape index (κ2) is 7.86. The van der Waals surface area contributed by atoms with Crippen LogP contribution in [0.1, 0.15) is 34.9 Å². The minimum Gasteiger partial charge on any atom is -0.457 e. The molecule has 1 aliphatic heterocycles. The first-order valence-corrected chi connectivity index (χ1v) is 9.86. The molecule has 4 rings (SSSR count). The van der Waals surface area contributed by atoms with Gasteiger partial charge in [-0.25, -0.2) is 0 Å². The van der Waals surface area contributed by atoms with E-state index < -0.39 is 11.9 Å². The van der Waals surface area contributed by atoms with Crippen LogP contribution in [0.4, 0.5) is 0 Å². The van der Waals surface area contributed by atoms with Crippen LogP contribution < -0.4 is 10.1 Å². The van der Waals surface area contributed by atoms with E-state index in [0.717, 1.165) is 16.0 Å². The lowest BCUT2D eigenvalue weighted by atomic mass is 9.88. The van der Waals surface area contributed by atoms with E-state index in [-0.39, 0.29) is 18.6 Å². The Morgan fingerprint density at radius 1 is 1.04 bits per heavy atom. The third kappa shape index (κ3) is 3.64. The van der Waals surface area contributed by atoms with Crippen LogP contribution in [0.5, 0.6) is 11.5 Å². The molecule has 0 saturated heterocycles. The molecule has 2 heterocycles. The number of amides is 1. The monoisotopic (exact) mass is 393 g/mol. The van der Waals surface area contributed by atoms with Gasteiger partial charge in [-0.2, -0.15) is 0 Å². The molecule has 1 atom stereocenters. The van der Waals surface area contributed by atoms with Crippen molar-refractivity contribution in [2.45, 2.75) is 18.9 Å². The van der Waals surface area contributed by atoms with Crippen molar-refractivity contribution in [2.24, 2.45) is 0 Å². The molecule has 28 heavy (non-hydrogen) atoms. The predicted molar refractivity (Wildman–Crippen MR) is 107 cm³/mol. The Bertz CT molecular complexity index is 954. The van der Waals surface area contributed by atoms with Gasteiger partial charge in [0.2, 0.25) is 0 Å². The summed E-state index contributed by atoms with van der Waals surface area (Å²) in [6.07, 6.45) is 0. The first-order chi connectivity index (χ1) is 13.6. The van der Waals surface area contributed by atoms with Gasteiger partial charge < -0.3 is 14.8 Å². The molecule has 1 amide bonds. The maximum absolute atomic E-state index is 12.9. The maximum Gasteiger partial charge on any atom is 0.318 e. The SMILES string of the molecule is C[C@H](NC(=O)COC(=O)C1c2ccccc2Oc2ccccc21)c1cccs1. The highest BCUT2D eigenvalue weighted by Crippen LogP contribution is 2.44. The Morgan fingerprint density at radius 2 is 1.68 bits per heavy atom. The summed E-state index contributed by atoms with van der Waals surface area (Å²) in [5.74, 6) is -0.175. The highest BCUT2D eigenvalue weighted by molar-refractivity contribution is 7.10. The van der Waals surface area contributed by atoms with E-state index in [2.05, 4.69) is 5.32 Å². The molecule has 0 aliphatic carbocycles. The first kappa shape index (κ1) is 18.3. The summed E-state index contributed by atoms with van der Waals surface area (Å²) in [6, 6.07) is 18.5. The lowest BCUT2D eigenvalue weighted by Gasteiger charge is -2.26. The molecular formula is C22H19NO4S. The number of ether oxygens (including phenoxy) is 2. The van der Waals surface area contributed by atoms with Crippen molar-refractivity contribution in [1.29, 1.82) is 0 Å². The molecule has 0 bridgehead atoms. The summed E-state index contributed by atoms with van der Waals surface area (Å²) < 4.78 is 11.3. The first-order valence-electron chi connectivity index (χ1n) is 8.98. The third-order valence-corrected chi connectivity index (χ3v) is 5.66. The van der Waals surface area contributed by atoms with Gasteiger partial charge in [-0.3, -0.25) is 9.59 Å². The molecule has 0 saturated carbocycles. The molecule has 0 fully saturated rings. The molecule has 3 aromatic rings. The number of fused-ring (bicyclic) bond motifs is 2. The molecule has 142 valence electrons. The zero-order valence-electron chi connectivity index (χ0n) is 15.3. The zero-order valence-corrected chi connectivity index (χ0v) is 16.1. The number of rotatable bonds is 5. The van der Waals surface area contributed by atoms with Crippen LogP contribution in [0.3, 0.4) is 0 Å². The number of hydrogen-bond acceptors (Lipinski definition) is 5. The Labute approximate surface area is 166 Å². The summed E-state index contributed by atoms with van der Waals surface area (Å²) >= 11 is 1.57. The topological polar surface area (TPSA) is 64.6 Å². The summed E-state index contributed by atoms with van der Waals surface area (Å²) in [7, 11) is 0. The van der Waals surface area contributed by atoms with Crippen molar-refractivity contribution in [3.8, 4) is 11.5 Å². The number of carbonyl (C=O) groups is 2. The Hall–Kier alpha value is -3.12. The van der Waals surface area contributed by atoms with Crippen LogP contribution >= 0.6 is 11.3 Å². The number of carbonyl (C=O) groups excluding carboxylic acids is 2. The van der Waals surface area contributed by atoms with Crippen LogP contribution in [0, 0.1) is 0 Å². The molecule has 0 radical (unpaired) electrons. The smallest absolute Gasteiger partial charge is 0.318 e. The Balaban J connectivity index is 1.47. The van der Waals surface area contributed by atoms with E-state index in [0.29, 0.717) is 11.5 Å². The molecule has 1 N–H and O–H groups in total. The van der Waals surface area contributed by atoms with Gasteiger partial charge in [0.05, 0.1) is 6.04 Å². The van der Waals surface area contributed by atoms with E-state index in [1.54, 1.807) is 11.3 Å². The summed E-state index contributed by atoms with van der Waals surface area (Å²) in [5, 5.41) is 4.80. The number of thiophene rings is 1. The molecular weight excluding hydrogens is 374 g/mol. The number of hydrogen-bond donors (Lipinski definition) is 1. The van der Waals surface area contributed by atoms with Gasteiger partial charge in [-0.1, -0.05) is 42.5 Å². The number of para-hydroxylation sites is 2. The van der Waals surface area contributed by atoms with Crippen LogP contribution in [-0.4, -0.2) is 18.5 Å². The minimum atomic E-state index is -0.622. The van der Waals surface area contributed by atoms with Crippen molar-refractivity contribution in [2.75, 3.05) is 6.61 Å². The van der Waals surface area contributed by atoms with Crippen molar-refractivity contribution in [3.63, 3.8) is 0 Å². The Kier molecular flexibility index (Phi) is 5.12. The van der Waals surface area contributed by atoms with E-state index >= 15 is 0 Å². The zero-order chi connectivity index (χ0) is 19.5. The van der Waals surface area contributed by atoms with E-state index in [9.17, 15) is 9.59 Å². The maximum atomic E-state index is 12.9. The molecule has 2 aromatic carbocycles. The second-order valence-corrected chi connectivity index (χ2v) is 7.50. The average Bonchev–Trinajstić information content (AvgIpc) is 3.25. The van der Waals surface area contributed by atoms with Crippen molar-refractivity contribution in [3.05, 3.63) is 82.0 Å². The Morgan fingerprint density at radius 3 is 2.29 bits per heavy atom. The number of nitrogens with one attached hydrogen (secondary N) is 1. The fourth-order valence-corrected chi connectivity index (χ4v) is 4.01. The molecule has 0 unspecified atom stereocenters. The second-order valence-electron chi connectivity index (χ2n) is 6.52. The van der Waals surface area contributed by atoms with Gasteiger partial charge in [-0.05, 0) is 30.5 Å². The van der Waals surface area contributed by atoms with Crippen LogP contribution in [0.15, 0.2) is 66.0 Å². The third-order valence-electron chi connectivity index (χ3n) is 4.61. The predicted octanol–water partition coefficient (Wildman–Crippen LogP) is 4.41.